The van der Waals surface area contributed by atoms with E-state index in [4.69, 9.17) is 0 Å². The standard InChI is InChI=1S/C17H17N3O/c21-17(16-7-4-10-18-13-16)19-20-11-8-15(9-12-20)14-5-2-1-3-6-14/h1-8,10,13H,9,11-12H2,(H,19,21). The van der Waals surface area contributed by atoms with Crippen molar-refractivity contribution in [2.75, 3.05) is 13.1 Å². The predicted molar refractivity (Wildman–Crippen MR) is 82.3 cm³/mol. The molecule has 0 aliphatic carbocycles. The fourth-order valence-corrected chi connectivity index (χ4v) is 2.39. The van der Waals surface area contributed by atoms with Gasteiger partial charge in [0.1, 0.15) is 0 Å². The van der Waals surface area contributed by atoms with Gasteiger partial charge in [-0.15, -0.1) is 0 Å². The molecular formula is C17H17N3O. The van der Waals surface area contributed by atoms with Crippen molar-refractivity contribution in [1.82, 2.24) is 15.4 Å². The minimum absolute atomic E-state index is 0.111. The van der Waals surface area contributed by atoms with Gasteiger partial charge in [0.25, 0.3) is 5.91 Å². The first-order chi connectivity index (χ1) is 10.3. The third-order valence-electron chi connectivity index (χ3n) is 3.54. The number of amides is 1. The van der Waals surface area contributed by atoms with Crippen LogP contribution in [0.3, 0.4) is 0 Å². The molecule has 0 spiro atoms. The van der Waals surface area contributed by atoms with Crippen LogP contribution in [0.4, 0.5) is 0 Å². The average molecular weight is 279 g/mol. The molecule has 0 radical (unpaired) electrons. The highest BCUT2D eigenvalue weighted by Gasteiger charge is 2.15. The lowest BCUT2D eigenvalue weighted by molar-refractivity contribution is 0.0805. The summed E-state index contributed by atoms with van der Waals surface area (Å²) in [7, 11) is 0. The van der Waals surface area contributed by atoms with Crippen molar-refractivity contribution in [2.24, 2.45) is 0 Å². The maximum absolute atomic E-state index is 12.1. The third kappa shape index (κ3) is 3.35. The molecule has 4 nitrogen and oxygen atoms in total. The number of hydrogen-bond donors (Lipinski definition) is 1. The fourth-order valence-electron chi connectivity index (χ4n) is 2.39. The summed E-state index contributed by atoms with van der Waals surface area (Å²) >= 11 is 0. The Balaban J connectivity index is 1.61. The summed E-state index contributed by atoms with van der Waals surface area (Å²) in [6, 6.07) is 13.9. The molecule has 21 heavy (non-hydrogen) atoms. The molecule has 1 aliphatic rings. The number of rotatable bonds is 3. The minimum Gasteiger partial charge on any atom is -0.284 e. The average Bonchev–Trinajstić information content (AvgIpc) is 2.57. The van der Waals surface area contributed by atoms with Gasteiger partial charge >= 0.3 is 0 Å². The van der Waals surface area contributed by atoms with Gasteiger partial charge in [-0.3, -0.25) is 15.2 Å². The van der Waals surface area contributed by atoms with Gasteiger partial charge in [0.05, 0.1) is 5.56 Å². The Morgan fingerprint density at radius 3 is 2.67 bits per heavy atom. The topological polar surface area (TPSA) is 45.2 Å². The van der Waals surface area contributed by atoms with E-state index in [1.165, 1.54) is 11.1 Å². The summed E-state index contributed by atoms with van der Waals surface area (Å²) in [4.78, 5) is 16.0. The maximum Gasteiger partial charge on any atom is 0.267 e. The molecule has 1 N–H and O–H groups in total. The van der Waals surface area contributed by atoms with Crippen molar-refractivity contribution in [3.05, 3.63) is 72.1 Å². The predicted octanol–water partition coefficient (Wildman–Crippen LogP) is 2.52. The van der Waals surface area contributed by atoms with Gasteiger partial charge < -0.3 is 0 Å². The molecular weight excluding hydrogens is 262 g/mol. The van der Waals surface area contributed by atoms with Gasteiger partial charge in [0.2, 0.25) is 0 Å². The molecule has 0 bridgehead atoms. The number of hydrazine groups is 1. The van der Waals surface area contributed by atoms with Gasteiger partial charge in [0, 0.05) is 25.5 Å². The molecule has 0 saturated carbocycles. The minimum atomic E-state index is -0.111. The van der Waals surface area contributed by atoms with Crippen molar-refractivity contribution in [1.29, 1.82) is 0 Å². The van der Waals surface area contributed by atoms with Crippen LogP contribution in [-0.4, -0.2) is 29.0 Å². The normalized spacial score (nSPS) is 15.3. The summed E-state index contributed by atoms with van der Waals surface area (Å²) in [5, 5.41) is 1.93. The zero-order chi connectivity index (χ0) is 14.5. The molecule has 0 fully saturated rings. The van der Waals surface area contributed by atoms with Crippen LogP contribution in [0.2, 0.25) is 0 Å². The van der Waals surface area contributed by atoms with Crippen molar-refractivity contribution >= 4 is 11.5 Å². The van der Waals surface area contributed by atoms with E-state index in [-0.39, 0.29) is 5.91 Å². The first-order valence-electron chi connectivity index (χ1n) is 7.03. The number of hydrogen-bond acceptors (Lipinski definition) is 3. The quantitative estimate of drug-likeness (QED) is 0.939. The molecule has 0 unspecified atom stereocenters. The number of pyridine rings is 1. The lowest BCUT2D eigenvalue weighted by Gasteiger charge is -2.26. The van der Waals surface area contributed by atoms with E-state index in [9.17, 15) is 4.79 Å². The largest absolute Gasteiger partial charge is 0.284 e. The fraction of sp³-hybridized carbons (Fsp3) is 0.176. The molecule has 4 heteroatoms. The number of carbonyl (C=O) groups excluding carboxylic acids is 1. The van der Waals surface area contributed by atoms with E-state index >= 15 is 0 Å². The zero-order valence-electron chi connectivity index (χ0n) is 11.7. The van der Waals surface area contributed by atoms with Crippen molar-refractivity contribution in [3.63, 3.8) is 0 Å². The highest BCUT2D eigenvalue weighted by atomic mass is 16.2. The Labute approximate surface area is 124 Å². The monoisotopic (exact) mass is 279 g/mol. The number of benzene rings is 1. The molecule has 1 aliphatic heterocycles. The lowest BCUT2D eigenvalue weighted by Crippen LogP contribution is -2.44. The SMILES string of the molecule is O=C(NN1CC=C(c2ccccc2)CC1)c1cccnc1. The van der Waals surface area contributed by atoms with Crippen LogP contribution in [0.15, 0.2) is 60.9 Å². The molecule has 106 valence electrons. The highest BCUT2D eigenvalue weighted by Crippen LogP contribution is 2.21. The maximum atomic E-state index is 12.1. The zero-order valence-corrected chi connectivity index (χ0v) is 11.7. The summed E-state index contributed by atoms with van der Waals surface area (Å²) in [5.74, 6) is -0.111. The van der Waals surface area contributed by atoms with E-state index in [0.29, 0.717) is 5.56 Å². The second-order valence-corrected chi connectivity index (χ2v) is 4.97. The van der Waals surface area contributed by atoms with Gasteiger partial charge in [-0.25, -0.2) is 5.01 Å². The Bertz CT molecular complexity index is 638. The van der Waals surface area contributed by atoms with Crippen molar-refractivity contribution < 1.29 is 4.79 Å². The second-order valence-electron chi connectivity index (χ2n) is 4.97. The molecule has 1 aromatic carbocycles. The molecule has 1 aromatic heterocycles. The van der Waals surface area contributed by atoms with Crippen molar-refractivity contribution in [2.45, 2.75) is 6.42 Å². The number of nitrogens with zero attached hydrogens (tertiary/aromatic N) is 2. The Kier molecular flexibility index (Phi) is 4.07. The van der Waals surface area contributed by atoms with Gasteiger partial charge in [-0.05, 0) is 29.7 Å². The Morgan fingerprint density at radius 2 is 2.00 bits per heavy atom. The summed E-state index contributed by atoms with van der Waals surface area (Å²) < 4.78 is 0. The molecule has 3 rings (SSSR count). The van der Waals surface area contributed by atoms with Crippen LogP contribution < -0.4 is 5.43 Å². The number of carbonyl (C=O) groups is 1. The smallest absolute Gasteiger partial charge is 0.267 e. The summed E-state index contributed by atoms with van der Waals surface area (Å²) in [5.41, 5.74) is 6.09. The van der Waals surface area contributed by atoms with Crippen LogP contribution in [0.5, 0.6) is 0 Å². The Hall–Kier alpha value is -2.46. The molecule has 0 saturated heterocycles. The third-order valence-corrected chi connectivity index (χ3v) is 3.54. The number of nitrogens with one attached hydrogen (secondary N) is 1. The first kappa shape index (κ1) is 13.5. The number of aromatic nitrogens is 1. The van der Waals surface area contributed by atoms with E-state index in [2.05, 4.69) is 28.6 Å². The highest BCUT2D eigenvalue weighted by molar-refractivity contribution is 5.93. The van der Waals surface area contributed by atoms with Crippen molar-refractivity contribution in [3.8, 4) is 0 Å². The van der Waals surface area contributed by atoms with E-state index in [1.807, 2.05) is 23.2 Å². The van der Waals surface area contributed by atoms with E-state index < -0.39 is 0 Å². The van der Waals surface area contributed by atoms with E-state index in [1.54, 1.807) is 24.5 Å². The van der Waals surface area contributed by atoms with Crippen LogP contribution in [0, 0.1) is 0 Å². The summed E-state index contributed by atoms with van der Waals surface area (Å²) in [6.45, 7) is 1.53. The summed E-state index contributed by atoms with van der Waals surface area (Å²) in [6.07, 6.45) is 6.33. The first-order valence-corrected chi connectivity index (χ1v) is 7.03. The van der Waals surface area contributed by atoms with E-state index in [0.717, 1.165) is 19.5 Å². The molecule has 2 aromatic rings. The lowest BCUT2D eigenvalue weighted by atomic mass is 10.0. The van der Waals surface area contributed by atoms with Crippen LogP contribution in [-0.2, 0) is 0 Å². The van der Waals surface area contributed by atoms with Gasteiger partial charge in [-0.2, -0.15) is 0 Å². The Morgan fingerprint density at radius 1 is 1.14 bits per heavy atom. The van der Waals surface area contributed by atoms with Crippen LogP contribution in [0.25, 0.3) is 5.57 Å². The van der Waals surface area contributed by atoms with Gasteiger partial charge in [-0.1, -0.05) is 36.4 Å². The van der Waals surface area contributed by atoms with Gasteiger partial charge in [0.15, 0.2) is 0 Å². The van der Waals surface area contributed by atoms with Crippen LogP contribution in [0.1, 0.15) is 22.3 Å². The van der Waals surface area contributed by atoms with Crippen LogP contribution >= 0.6 is 0 Å². The molecule has 0 atom stereocenters. The molecule has 2 heterocycles. The molecule has 1 amide bonds. The second kappa shape index (κ2) is 6.33.